The van der Waals surface area contributed by atoms with E-state index in [2.05, 4.69) is 0 Å². The predicted octanol–water partition coefficient (Wildman–Crippen LogP) is 4.12. The van der Waals surface area contributed by atoms with Gasteiger partial charge in [-0.25, -0.2) is 8.78 Å². The van der Waals surface area contributed by atoms with E-state index < -0.39 is 0 Å². The fourth-order valence-corrected chi connectivity index (χ4v) is 2.87. The lowest BCUT2D eigenvalue weighted by Crippen LogP contribution is -2.32. The molecule has 1 aliphatic rings. The van der Waals surface area contributed by atoms with Gasteiger partial charge < -0.3 is 4.90 Å². The molecule has 0 aliphatic heterocycles. The highest BCUT2D eigenvalue weighted by Crippen LogP contribution is 2.49. The standard InChI is InChI=1S/C18H17F2NO/c1-2-21(13-9-7-12(19)8-10-13)18(22)16-11-15(16)14-5-3-4-6-17(14)20/h3-10,15-16H,2,11H2,1H3. The first-order chi connectivity index (χ1) is 10.6. The van der Waals surface area contributed by atoms with Gasteiger partial charge in [0.1, 0.15) is 11.6 Å². The summed E-state index contributed by atoms with van der Waals surface area (Å²) >= 11 is 0. The van der Waals surface area contributed by atoms with Crippen LogP contribution in [0.1, 0.15) is 24.8 Å². The molecule has 0 radical (unpaired) electrons. The molecule has 3 rings (SSSR count). The van der Waals surface area contributed by atoms with Gasteiger partial charge in [-0.3, -0.25) is 4.79 Å². The summed E-state index contributed by atoms with van der Waals surface area (Å²) < 4.78 is 26.8. The third-order valence-electron chi connectivity index (χ3n) is 4.13. The molecule has 0 bridgehead atoms. The minimum absolute atomic E-state index is 0.0256. The Morgan fingerprint density at radius 3 is 2.45 bits per heavy atom. The maximum absolute atomic E-state index is 13.8. The molecule has 1 fully saturated rings. The number of amides is 1. The van der Waals surface area contributed by atoms with E-state index in [4.69, 9.17) is 0 Å². The number of hydrogen-bond acceptors (Lipinski definition) is 1. The Bertz CT molecular complexity index is 684. The normalized spacial score (nSPS) is 19.8. The SMILES string of the molecule is CCN(C(=O)C1CC1c1ccccc1F)c1ccc(F)cc1. The summed E-state index contributed by atoms with van der Waals surface area (Å²) in [5.74, 6) is -0.858. The Hall–Kier alpha value is -2.23. The quantitative estimate of drug-likeness (QED) is 0.832. The lowest BCUT2D eigenvalue weighted by molar-refractivity contribution is -0.119. The van der Waals surface area contributed by atoms with E-state index in [9.17, 15) is 13.6 Å². The highest BCUT2D eigenvalue weighted by Gasteiger charge is 2.46. The Labute approximate surface area is 128 Å². The zero-order valence-electron chi connectivity index (χ0n) is 12.3. The van der Waals surface area contributed by atoms with Crippen molar-refractivity contribution in [2.24, 2.45) is 5.92 Å². The molecule has 2 atom stereocenters. The summed E-state index contributed by atoms with van der Waals surface area (Å²) in [5, 5.41) is 0. The van der Waals surface area contributed by atoms with Gasteiger partial charge in [-0.05, 0) is 55.2 Å². The summed E-state index contributed by atoms with van der Waals surface area (Å²) in [4.78, 5) is 14.3. The number of halogens is 2. The molecule has 1 saturated carbocycles. The van der Waals surface area contributed by atoms with Gasteiger partial charge in [0.25, 0.3) is 0 Å². The fourth-order valence-electron chi connectivity index (χ4n) is 2.87. The van der Waals surface area contributed by atoms with Crippen LogP contribution < -0.4 is 4.90 Å². The van der Waals surface area contributed by atoms with Gasteiger partial charge >= 0.3 is 0 Å². The highest BCUT2D eigenvalue weighted by molar-refractivity contribution is 5.97. The first-order valence-electron chi connectivity index (χ1n) is 7.43. The summed E-state index contributed by atoms with van der Waals surface area (Å²) in [6.07, 6.45) is 0.664. The van der Waals surface area contributed by atoms with Crippen molar-refractivity contribution in [1.82, 2.24) is 0 Å². The maximum atomic E-state index is 13.8. The van der Waals surface area contributed by atoms with Crippen molar-refractivity contribution in [1.29, 1.82) is 0 Å². The molecule has 0 N–H and O–H groups in total. The average molecular weight is 301 g/mol. The predicted molar refractivity (Wildman–Crippen MR) is 81.7 cm³/mol. The molecule has 0 spiro atoms. The summed E-state index contributed by atoms with van der Waals surface area (Å²) in [6, 6.07) is 12.5. The van der Waals surface area contributed by atoms with E-state index in [0.717, 1.165) is 0 Å². The molecule has 1 amide bonds. The van der Waals surface area contributed by atoms with Crippen molar-refractivity contribution in [3.63, 3.8) is 0 Å². The second kappa shape index (κ2) is 5.87. The van der Waals surface area contributed by atoms with Gasteiger partial charge in [-0.1, -0.05) is 18.2 Å². The Morgan fingerprint density at radius 2 is 1.82 bits per heavy atom. The lowest BCUT2D eigenvalue weighted by atomic mass is 10.1. The van der Waals surface area contributed by atoms with E-state index in [0.29, 0.717) is 24.2 Å². The molecule has 2 aromatic rings. The molecular weight excluding hydrogens is 284 g/mol. The van der Waals surface area contributed by atoms with Gasteiger partial charge in [0.2, 0.25) is 5.91 Å². The molecule has 22 heavy (non-hydrogen) atoms. The van der Waals surface area contributed by atoms with E-state index in [1.54, 1.807) is 35.2 Å². The second-order valence-electron chi connectivity index (χ2n) is 5.53. The summed E-state index contributed by atoms with van der Waals surface area (Å²) in [6.45, 7) is 2.38. The maximum Gasteiger partial charge on any atom is 0.230 e. The topological polar surface area (TPSA) is 20.3 Å². The van der Waals surface area contributed by atoms with Crippen LogP contribution in [0.15, 0.2) is 48.5 Å². The van der Waals surface area contributed by atoms with Crippen molar-refractivity contribution < 1.29 is 13.6 Å². The van der Waals surface area contributed by atoms with Crippen LogP contribution in [0, 0.1) is 17.6 Å². The van der Waals surface area contributed by atoms with Crippen molar-refractivity contribution in [2.45, 2.75) is 19.3 Å². The molecule has 0 heterocycles. The molecule has 0 saturated heterocycles. The zero-order valence-corrected chi connectivity index (χ0v) is 12.3. The van der Waals surface area contributed by atoms with Crippen molar-refractivity contribution in [3.05, 3.63) is 65.7 Å². The third kappa shape index (κ3) is 2.73. The lowest BCUT2D eigenvalue weighted by Gasteiger charge is -2.21. The smallest absolute Gasteiger partial charge is 0.230 e. The molecule has 4 heteroatoms. The number of anilines is 1. The molecule has 2 unspecified atom stereocenters. The Kier molecular flexibility index (Phi) is 3.92. The van der Waals surface area contributed by atoms with Crippen LogP contribution in [0.4, 0.5) is 14.5 Å². The first-order valence-corrected chi connectivity index (χ1v) is 7.43. The summed E-state index contributed by atoms with van der Waals surface area (Å²) in [7, 11) is 0. The zero-order chi connectivity index (χ0) is 15.7. The minimum atomic E-state index is -0.331. The average Bonchev–Trinajstić information content (AvgIpc) is 3.30. The first kappa shape index (κ1) is 14.7. The molecule has 1 aliphatic carbocycles. The van der Waals surface area contributed by atoms with Crippen LogP contribution in [0.2, 0.25) is 0 Å². The Morgan fingerprint density at radius 1 is 1.14 bits per heavy atom. The van der Waals surface area contributed by atoms with Gasteiger partial charge in [-0.2, -0.15) is 0 Å². The van der Waals surface area contributed by atoms with Crippen molar-refractivity contribution in [2.75, 3.05) is 11.4 Å². The van der Waals surface area contributed by atoms with Crippen LogP contribution in [-0.4, -0.2) is 12.5 Å². The summed E-state index contributed by atoms with van der Waals surface area (Å²) in [5.41, 5.74) is 1.28. The van der Waals surface area contributed by atoms with Gasteiger partial charge in [0.05, 0.1) is 0 Å². The molecule has 2 nitrogen and oxygen atoms in total. The monoisotopic (exact) mass is 301 g/mol. The van der Waals surface area contributed by atoms with Gasteiger partial charge in [0.15, 0.2) is 0 Å². The van der Waals surface area contributed by atoms with Crippen LogP contribution in [-0.2, 0) is 4.79 Å². The fraction of sp³-hybridized carbons (Fsp3) is 0.278. The molecular formula is C18H17F2NO. The van der Waals surface area contributed by atoms with Gasteiger partial charge in [0, 0.05) is 18.2 Å². The number of nitrogens with zero attached hydrogens (tertiary/aromatic N) is 1. The van der Waals surface area contributed by atoms with E-state index >= 15 is 0 Å². The number of hydrogen-bond donors (Lipinski definition) is 0. The molecule has 0 aromatic heterocycles. The van der Waals surface area contributed by atoms with Crippen LogP contribution in [0.5, 0.6) is 0 Å². The van der Waals surface area contributed by atoms with Crippen LogP contribution in [0.3, 0.4) is 0 Å². The third-order valence-corrected chi connectivity index (χ3v) is 4.13. The van der Waals surface area contributed by atoms with E-state index in [1.807, 2.05) is 6.92 Å². The van der Waals surface area contributed by atoms with Crippen LogP contribution in [0.25, 0.3) is 0 Å². The number of benzene rings is 2. The van der Waals surface area contributed by atoms with E-state index in [1.165, 1.54) is 18.2 Å². The van der Waals surface area contributed by atoms with E-state index in [-0.39, 0.29) is 29.4 Å². The number of rotatable bonds is 4. The molecule has 114 valence electrons. The van der Waals surface area contributed by atoms with Crippen molar-refractivity contribution >= 4 is 11.6 Å². The van der Waals surface area contributed by atoms with Crippen molar-refractivity contribution in [3.8, 4) is 0 Å². The number of carbonyl (C=O) groups excluding carboxylic acids is 1. The van der Waals surface area contributed by atoms with Gasteiger partial charge in [-0.15, -0.1) is 0 Å². The van der Waals surface area contributed by atoms with Crippen LogP contribution >= 0.6 is 0 Å². The minimum Gasteiger partial charge on any atom is -0.312 e. The number of carbonyl (C=O) groups is 1. The Balaban J connectivity index is 1.77. The highest BCUT2D eigenvalue weighted by atomic mass is 19.1. The molecule has 2 aromatic carbocycles. The second-order valence-corrected chi connectivity index (χ2v) is 5.53. The largest absolute Gasteiger partial charge is 0.312 e.